The van der Waals surface area contributed by atoms with Crippen LogP contribution >= 0.6 is 11.3 Å². The van der Waals surface area contributed by atoms with Gasteiger partial charge in [0.25, 0.3) is 0 Å². The number of hydrogen-bond acceptors (Lipinski definition) is 4. The summed E-state index contributed by atoms with van der Waals surface area (Å²) in [6.07, 6.45) is 3.65. The van der Waals surface area contributed by atoms with E-state index in [0.29, 0.717) is 11.7 Å². The summed E-state index contributed by atoms with van der Waals surface area (Å²) in [6.45, 7) is 0.493. The first-order chi connectivity index (χ1) is 8.31. The Morgan fingerprint density at radius 2 is 2.18 bits per heavy atom. The van der Waals surface area contributed by atoms with E-state index >= 15 is 0 Å². The average molecular weight is 246 g/mol. The number of hydrogen-bond donors (Lipinski definition) is 1. The molecule has 4 heteroatoms. The Kier molecular flexibility index (Phi) is 2.73. The molecule has 3 nitrogen and oxygen atoms in total. The maximum absolute atomic E-state index is 5.72. The molecule has 1 aromatic carbocycles. The highest BCUT2D eigenvalue weighted by molar-refractivity contribution is 7.13. The molecule has 0 saturated heterocycles. The van der Waals surface area contributed by atoms with Gasteiger partial charge in [0.2, 0.25) is 0 Å². The number of nitrogens with two attached hydrogens (primary N) is 1. The van der Waals surface area contributed by atoms with Crippen LogP contribution in [0.4, 0.5) is 5.13 Å². The highest BCUT2D eigenvalue weighted by Gasteiger charge is 2.11. The Bertz CT molecular complexity index is 536. The van der Waals surface area contributed by atoms with Crippen molar-refractivity contribution in [1.29, 1.82) is 0 Å². The lowest BCUT2D eigenvalue weighted by Crippen LogP contribution is -1.97. The molecule has 17 heavy (non-hydrogen) atoms. The standard InChI is InChI=1S/C13H14N2OS/c14-13-15-11(8-17-13)7-16-12-5-4-9-2-1-3-10(9)6-12/h4-6,8H,1-3,7H2,(H2,14,15). The van der Waals surface area contributed by atoms with Crippen LogP contribution in [0.1, 0.15) is 23.2 Å². The molecule has 0 bridgehead atoms. The van der Waals surface area contributed by atoms with Crippen LogP contribution in [0.3, 0.4) is 0 Å². The van der Waals surface area contributed by atoms with Crippen molar-refractivity contribution in [2.75, 3.05) is 5.73 Å². The van der Waals surface area contributed by atoms with Gasteiger partial charge in [-0.05, 0) is 42.5 Å². The van der Waals surface area contributed by atoms with Crippen molar-refractivity contribution < 1.29 is 4.74 Å². The van der Waals surface area contributed by atoms with E-state index < -0.39 is 0 Å². The number of aromatic nitrogens is 1. The molecule has 1 aliphatic rings. The molecule has 0 saturated carbocycles. The molecule has 0 radical (unpaired) electrons. The molecule has 88 valence electrons. The molecule has 0 amide bonds. The first kappa shape index (κ1) is 10.6. The average Bonchev–Trinajstić information content (AvgIpc) is 2.94. The van der Waals surface area contributed by atoms with Crippen LogP contribution in [0.2, 0.25) is 0 Å². The number of rotatable bonds is 3. The molecule has 0 unspecified atom stereocenters. The van der Waals surface area contributed by atoms with Crippen LogP contribution in [0.25, 0.3) is 0 Å². The number of fused-ring (bicyclic) bond motifs is 1. The Labute approximate surface area is 104 Å². The van der Waals surface area contributed by atoms with Gasteiger partial charge < -0.3 is 10.5 Å². The van der Waals surface area contributed by atoms with E-state index in [1.807, 2.05) is 11.4 Å². The minimum Gasteiger partial charge on any atom is -0.487 e. The zero-order chi connectivity index (χ0) is 11.7. The van der Waals surface area contributed by atoms with Gasteiger partial charge in [0, 0.05) is 5.38 Å². The fourth-order valence-electron chi connectivity index (χ4n) is 2.18. The van der Waals surface area contributed by atoms with Crippen LogP contribution in [0.15, 0.2) is 23.6 Å². The Balaban J connectivity index is 1.69. The Morgan fingerprint density at radius 3 is 3.00 bits per heavy atom. The zero-order valence-corrected chi connectivity index (χ0v) is 10.3. The quantitative estimate of drug-likeness (QED) is 0.906. The van der Waals surface area contributed by atoms with Gasteiger partial charge in [-0.3, -0.25) is 0 Å². The van der Waals surface area contributed by atoms with Crippen LogP contribution < -0.4 is 10.5 Å². The first-order valence-corrected chi connectivity index (χ1v) is 6.64. The maximum atomic E-state index is 5.72. The van der Waals surface area contributed by atoms with Crippen molar-refractivity contribution in [2.45, 2.75) is 25.9 Å². The predicted molar refractivity (Wildman–Crippen MR) is 69.3 cm³/mol. The summed E-state index contributed by atoms with van der Waals surface area (Å²) in [7, 11) is 0. The van der Waals surface area contributed by atoms with Gasteiger partial charge in [-0.1, -0.05) is 6.07 Å². The lowest BCUT2D eigenvalue weighted by Gasteiger charge is -2.06. The molecule has 0 atom stereocenters. The van der Waals surface area contributed by atoms with Gasteiger partial charge in [-0.15, -0.1) is 11.3 Å². The predicted octanol–water partition coefficient (Wildman–Crippen LogP) is 2.79. The third-order valence-electron chi connectivity index (χ3n) is 3.03. The van der Waals surface area contributed by atoms with Crippen LogP contribution in [-0.2, 0) is 19.4 Å². The SMILES string of the molecule is Nc1nc(COc2ccc3c(c2)CCC3)cs1. The fraction of sp³-hybridized carbons (Fsp3) is 0.308. The van der Waals surface area contributed by atoms with Crippen LogP contribution in [0, 0.1) is 0 Å². The van der Waals surface area contributed by atoms with E-state index in [1.165, 1.54) is 41.7 Å². The van der Waals surface area contributed by atoms with Gasteiger partial charge >= 0.3 is 0 Å². The number of anilines is 1. The maximum Gasteiger partial charge on any atom is 0.180 e. The molecule has 0 spiro atoms. The monoisotopic (exact) mass is 246 g/mol. The summed E-state index contributed by atoms with van der Waals surface area (Å²) in [5.74, 6) is 0.928. The highest BCUT2D eigenvalue weighted by atomic mass is 32.1. The molecule has 1 aliphatic carbocycles. The molecule has 1 aromatic heterocycles. The minimum absolute atomic E-state index is 0.493. The van der Waals surface area contributed by atoms with Gasteiger partial charge in [-0.25, -0.2) is 4.98 Å². The van der Waals surface area contributed by atoms with E-state index in [9.17, 15) is 0 Å². The number of nitrogen functional groups attached to an aromatic ring is 1. The number of nitrogens with zero attached hydrogens (tertiary/aromatic N) is 1. The lowest BCUT2D eigenvalue weighted by molar-refractivity contribution is 0.302. The highest BCUT2D eigenvalue weighted by Crippen LogP contribution is 2.26. The first-order valence-electron chi connectivity index (χ1n) is 5.76. The third kappa shape index (κ3) is 2.26. The summed E-state index contributed by atoms with van der Waals surface area (Å²) < 4.78 is 5.72. The summed E-state index contributed by atoms with van der Waals surface area (Å²) >= 11 is 1.45. The van der Waals surface area contributed by atoms with Crippen molar-refractivity contribution in [3.05, 3.63) is 40.4 Å². The smallest absolute Gasteiger partial charge is 0.180 e. The summed E-state index contributed by atoms with van der Waals surface area (Å²) in [4.78, 5) is 4.17. The second-order valence-electron chi connectivity index (χ2n) is 4.25. The van der Waals surface area contributed by atoms with Crippen molar-refractivity contribution in [1.82, 2.24) is 4.98 Å². The van der Waals surface area contributed by atoms with Crippen molar-refractivity contribution >= 4 is 16.5 Å². The number of ether oxygens (including phenoxy) is 1. The fourth-order valence-corrected chi connectivity index (χ4v) is 2.73. The van der Waals surface area contributed by atoms with Crippen molar-refractivity contribution in [3.63, 3.8) is 0 Å². The molecule has 0 aliphatic heterocycles. The summed E-state index contributed by atoms with van der Waals surface area (Å²) in [5.41, 5.74) is 9.37. The van der Waals surface area contributed by atoms with E-state index in [2.05, 4.69) is 17.1 Å². The minimum atomic E-state index is 0.493. The van der Waals surface area contributed by atoms with Gasteiger partial charge in [-0.2, -0.15) is 0 Å². The topological polar surface area (TPSA) is 48.1 Å². The van der Waals surface area contributed by atoms with E-state index in [0.717, 1.165) is 11.4 Å². The number of aryl methyl sites for hydroxylation is 2. The summed E-state index contributed by atoms with van der Waals surface area (Å²) in [5, 5.41) is 2.53. The second kappa shape index (κ2) is 4.37. The third-order valence-corrected chi connectivity index (χ3v) is 3.75. The molecule has 2 aromatic rings. The molecule has 3 rings (SSSR count). The normalized spacial score (nSPS) is 13.6. The molecule has 1 heterocycles. The van der Waals surface area contributed by atoms with Crippen molar-refractivity contribution in [3.8, 4) is 5.75 Å². The number of thiazole rings is 1. The van der Waals surface area contributed by atoms with E-state index in [-0.39, 0.29) is 0 Å². The van der Waals surface area contributed by atoms with E-state index in [4.69, 9.17) is 10.5 Å². The van der Waals surface area contributed by atoms with Gasteiger partial charge in [0.1, 0.15) is 12.4 Å². The van der Waals surface area contributed by atoms with Gasteiger partial charge in [0.05, 0.1) is 5.69 Å². The van der Waals surface area contributed by atoms with E-state index in [1.54, 1.807) is 0 Å². The largest absolute Gasteiger partial charge is 0.487 e. The lowest BCUT2D eigenvalue weighted by atomic mass is 10.1. The van der Waals surface area contributed by atoms with Crippen LogP contribution in [-0.4, -0.2) is 4.98 Å². The molecule has 2 N–H and O–H groups in total. The number of benzene rings is 1. The molecular weight excluding hydrogens is 232 g/mol. The summed E-state index contributed by atoms with van der Waals surface area (Å²) in [6, 6.07) is 6.37. The van der Waals surface area contributed by atoms with Crippen molar-refractivity contribution in [2.24, 2.45) is 0 Å². The Hall–Kier alpha value is -1.55. The van der Waals surface area contributed by atoms with Crippen LogP contribution in [0.5, 0.6) is 5.75 Å². The Morgan fingerprint density at radius 1 is 1.29 bits per heavy atom. The van der Waals surface area contributed by atoms with Gasteiger partial charge in [0.15, 0.2) is 5.13 Å². The molecule has 0 fully saturated rings. The zero-order valence-electron chi connectivity index (χ0n) is 9.48. The molecular formula is C13H14N2OS. The second-order valence-corrected chi connectivity index (χ2v) is 5.14.